The van der Waals surface area contributed by atoms with Crippen LogP contribution >= 0.6 is 11.3 Å². The Morgan fingerprint density at radius 1 is 1.22 bits per heavy atom. The number of benzene rings is 1. The number of primary amides is 1. The fraction of sp³-hybridized carbons (Fsp3) is 0.409. The van der Waals surface area contributed by atoms with Crippen molar-refractivity contribution >= 4 is 34.4 Å². The maximum absolute atomic E-state index is 13.2. The standard InChI is InChI=1S/C22H28N4O5S/c1-22(2,3)17-15(9-10-26(17)21(29)30)24-18(27)14-11-16(32-19(14)25-20(23)28)12-5-7-13(31-4)8-6-12/h5-8,11,15,17H,9-10H2,1-4H3,(H,24,27)(H,29,30)(H3,23,25,28)/t15-,17?/m0/s1. The smallest absolute Gasteiger partial charge is 0.407 e. The Hall–Kier alpha value is -3.27. The number of nitrogens with one attached hydrogen (secondary N) is 2. The number of carbonyl (C=O) groups excluding carboxylic acids is 2. The van der Waals surface area contributed by atoms with Crippen LogP contribution in [0.5, 0.6) is 5.75 Å². The Balaban J connectivity index is 1.90. The van der Waals surface area contributed by atoms with Crippen molar-refractivity contribution in [2.75, 3.05) is 19.0 Å². The molecule has 0 radical (unpaired) electrons. The highest BCUT2D eigenvalue weighted by Crippen LogP contribution is 2.37. The van der Waals surface area contributed by atoms with Crippen LogP contribution in [-0.2, 0) is 0 Å². The first-order valence-corrected chi connectivity index (χ1v) is 11.0. The fourth-order valence-corrected chi connectivity index (χ4v) is 5.20. The van der Waals surface area contributed by atoms with Gasteiger partial charge in [0.05, 0.1) is 24.8 Å². The quantitative estimate of drug-likeness (QED) is 0.538. The molecule has 1 fully saturated rings. The second-order valence-electron chi connectivity index (χ2n) is 8.73. The number of anilines is 1. The molecule has 1 aromatic heterocycles. The van der Waals surface area contributed by atoms with Gasteiger partial charge >= 0.3 is 12.1 Å². The fourth-order valence-electron chi connectivity index (χ4n) is 4.14. The monoisotopic (exact) mass is 460 g/mol. The normalized spacial score (nSPS) is 18.3. The summed E-state index contributed by atoms with van der Waals surface area (Å²) in [4.78, 5) is 38.6. The van der Waals surface area contributed by atoms with E-state index in [-0.39, 0.29) is 23.1 Å². The Kier molecular flexibility index (Phi) is 6.63. The van der Waals surface area contributed by atoms with Gasteiger partial charge in [0.2, 0.25) is 0 Å². The average molecular weight is 461 g/mol. The van der Waals surface area contributed by atoms with E-state index < -0.39 is 18.0 Å². The van der Waals surface area contributed by atoms with Gasteiger partial charge in [-0.25, -0.2) is 9.59 Å². The predicted molar refractivity (Wildman–Crippen MR) is 123 cm³/mol. The molecule has 5 N–H and O–H groups in total. The van der Waals surface area contributed by atoms with Crippen molar-refractivity contribution in [3.8, 4) is 16.2 Å². The number of carbonyl (C=O) groups is 3. The highest BCUT2D eigenvalue weighted by atomic mass is 32.1. The number of amides is 4. The maximum Gasteiger partial charge on any atom is 0.407 e. The zero-order chi connectivity index (χ0) is 23.6. The third kappa shape index (κ3) is 4.96. The van der Waals surface area contributed by atoms with Gasteiger partial charge in [-0.2, -0.15) is 0 Å². The molecule has 2 atom stereocenters. The minimum Gasteiger partial charge on any atom is -0.497 e. The molecule has 1 unspecified atom stereocenters. The summed E-state index contributed by atoms with van der Waals surface area (Å²) < 4.78 is 5.18. The molecular weight excluding hydrogens is 432 g/mol. The number of rotatable bonds is 5. The summed E-state index contributed by atoms with van der Waals surface area (Å²) in [5, 5.41) is 15.4. The number of likely N-dealkylation sites (tertiary alicyclic amines) is 1. The van der Waals surface area contributed by atoms with Gasteiger partial charge in [-0.3, -0.25) is 10.1 Å². The van der Waals surface area contributed by atoms with Gasteiger partial charge in [0.15, 0.2) is 0 Å². The van der Waals surface area contributed by atoms with E-state index in [9.17, 15) is 19.5 Å². The van der Waals surface area contributed by atoms with Crippen LogP contribution in [0.1, 0.15) is 37.6 Å². The first kappa shape index (κ1) is 23.4. The van der Waals surface area contributed by atoms with Gasteiger partial charge in [0, 0.05) is 11.4 Å². The van der Waals surface area contributed by atoms with Gasteiger partial charge in [-0.05, 0) is 47.7 Å². The third-order valence-corrected chi connectivity index (χ3v) is 6.53. The van der Waals surface area contributed by atoms with Crippen LogP contribution in [0.3, 0.4) is 0 Å². The number of thiophene rings is 1. The summed E-state index contributed by atoms with van der Waals surface area (Å²) in [6.07, 6.45) is -0.497. The Morgan fingerprint density at radius 3 is 2.41 bits per heavy atom. The van der Waals surface area contributed by atoms with Crippen LogP contribution in [0.4, 0.5) is 14.6 Å². The van der Waals surface area contributed by atoms with Crippen molar-refractivity contribution in [1.82, 2.24) is 10.2 Å². The van der Waals surface area contributed by atoms with E-state index in [2.05, 4.69) is 10.6 Å². The number of methoxy groups -OCH3 is 1. The van der Waals surface area contributed by atoms with Crippen LogP contribution in [-0.4, -0.2) is 53.8 Å². The molecule has 0 bridgehead atoms. The number of ether oxygens (including phenoxy) is 1. The SMILES string of the molecule is COc1ccc(-c2cc(C(=O)N[C@H]3CCN(C(=O)O)C3C(C)(C)C)c(NC(N)=O)s2)cc1. The lowest BCUT2D eigenvalue weighted by atomic mass is 9.82. The largest absolute Gasteiger partial charge is 0.497 e. The molecule has 3 rings (SSSR count). The van der Waals surface area contributed by atoms with Crippen LogP contribution in [0.25, 0.3) is 10.4 Å². The van der Waals surface area contributed by atoms with E-state index in [1.54, 1.807) is 13.2 Å². The Morgan fingerprint density at radius 2 is 1.88 bits per heavy atom. The van der Waals surface area contributed by atoms with Gasteiger partial charge in [0.1, 0.15) is 10.8 Å². The van der Waals surface area contributed by atoms with Crippen molar-refractivity contribution in [2.24, 2.45) is 11.1 Å². The van der Waals surface area contributed by atoms with Crippen LogP contribution in [0.15, 0.2) is 30.3 Å². The number of carboxylic acid groups (broad SMARTS) is 1. The maximum atomic E-state index is 13.2. The highest BCUT2D eigenvalue weighted by Gasteiger charge is 2.44. The third-order valence-electron chi connectivity index (χ3n) is 5.44. The summed E-state index contributed by atoms with van der Waals surface area (Å²) in [7, 11) is 1.58. The van der Waals surface area contributed by atoms with E-state index in [0.717, 1.165) is 10.4 Å². The lowest BCUT2D eigenvalue weighted by Crippen LogP contribution is -2.52. The van der Waals surface area contributed by atoms with E-state index in [0.29, 0.717) is 23.7 Å². The van der Waals surface area contributed by atoms with Gasteiger partial charge < -0.3 is 25.8 Å². The highest BCUT2D eigenvalue weighted by molar-refractivity contribution is 7.20. The second kappa shape index (κ2) is 9.07. The van der Waals surface area contributed by atoms with E-state index in [1.165, 1.54) is 16.2 Å². The van der Waals surface area contributed by atoms with E-state index >= 15 is 0 Å². The number of nitrogens with two attached hydrogens (primary N) is 1. The molecule has 172 valence electrons. The molecule has 0 aliphatic carbocycles. The van der Waals surface area contributed by atoms with Crippen molar-refractivity contribution < 1.29 is 24.2 Å². The number of hydrogen-bond donors (Lipinski definition) is 4. The van der Waals surface area contributed by atoms with E-state index in [1.807, 2.05) is 45.0 Å². The molecule has 9 nitrogen and oxygen atoms in total. The van der Waals surface area contributed by atoms with Crippen LogP contribution in [0.2, 0.25) is 0 Å². The molecule has 10 heteroatoms. The Bertz CT molecular complexity index is 1010. The minimum absolute atomic E-state index is 0.279. The van der Waals surface area contributed by atoms with E-state index in [4.69, 9.17) is 10.5 Å². The van der Waals surface area contributed by atoms with Crippen molar-refractivity contribution in [3.63, 3.8) is 0 Å². The molecule has 1 saturated heterocycles. The zero-order valence-corrected chi connectivity index (χ0v) is 19.3. The molecule has 1 aromatic carbocycles. The lowest BCUT2D eigenvalue weighted by Gasteiger charge is -2.37. The first-order chi connectivity index (χ1) is 15.0. The molecule has 1 aliphatic heterocycles. The molecule has 2 heterocycles. The average Bonchev–Trinajstić information content (AvgIpc) is 3.32. The summed E-state index contributed by atoms with van der Waals surface area (Å²) in [6.45, 7) is 6.19. The predicted octanol–water partition coefficient (Wildman–Crippen LogP) is 3.81. The van der Waals surface area contributed by atoms with Crippen molar-refractivity contribution in [2.45, 2.75) is 39.3 Å². The van der Waals surface area contributed by atoms with Crippen molar-refractivity contribution in [1.29, 1.82) is 0 Å². The molecule has 32 heavy (non-hydrogen) atoms. The molecule has 4 amide bonds. The summed E-state index contributed by atoms with van der Waals surface area (Å²) in [5.74, 6) is 0.312. The molecule has 1 aliphatic rings. The first-order valence-electron chi connectivity index (χ1n) is 10.2. The molecule has 0 spiro atoms. The van der Waals surface area contributed by atoms with Crippen molar-refractivity contribution in [3.05, 3.63) is 35.9 Å². The summed E-state index contributed by atoms with van der Waals surface area (Å²) >= 11 is 1.23. The summed E-state index contributed by atoms with van der Waals surface area (Å²) in [6, 6.07) is 7.53. The zero-order valence-electron chi connectivity index (χ0n) is 18.5. The number of urea groups is 1. The molecular formula is C22H28N4O5S. The van der Waals surface area contributed by atoms with Crippen LogP contribution in [0, 0.1) is 5.41 Å². The van der Waals surface area contributed by atoms with Gasteiger partial charge in [-0.1, -0.05) is 20.8 Å². The summed E-state index contributed by atoms with van der Waals surface area (Å²) in [5.41, 5.74) is 6.07. The topological polar surface area (TPSA) is 134 Å². The lowest BCUT2D eigenvalue weighted by molar-refractivity contribution is 0.0827. The van der Waals surface area contributed by atoms with Gasteiger partial charge in [-0.15, -0.1) is 11.3 Å². The number of hydrogen-bond acceptors (Lipinski definition) is 5. The van der Waals surface area contributed by atoms with Gasteiger partial charge in [0.25, 0.3) is 5.91 Å². The molecule has 0 saturated carbocycles. The molecule has 2 aromatic rings. The van der Waals surface area contributed by atoms with Crippen LogP contribution < -0.4 is 21.1 Å². The number of nitrogens with zero attached hydrogens (tertiary/aromatic N) is 1. The minimum atomic E-state index is -1.00. The Labute approximate surface area is 190 Å². The second-order valence-corrected chi connectivity index (χ2v) is 9.78.